The van der Waals surface area contributed by atoms with Crippen LogP contribution in [-0.4, -0.2) is 44.2 Å². The number of anilines is 1. The van der Waals surface area contributed by atoms with Gasteiger partial charge in [0.2, 0.25) is 0 Å². The van der Waals surface area contributed by atoms with Crippen LogP contribution in [0, 0.1) is 11.7 Å². The fourth-order valence-corrected chi connectivity index (χ4v) is 4.04. The molecular formula is C22H27FN2O. The van der Waals surface area contributed by atoms with Crippen molar-refractivity contribution >= 4 is 5.69 Å². The van der Waals surface area contributed by atoms with Crippen molar-refractivity contribution in [3.63, 3.8) is 0 Å². The van der Waals surface area contributed by atoms with E-state index in [1.807, 2.05) is 36.4 Å². The quantitative estimate of drug-likeness (QED) is 0.780. The Morgan fingerprint density at radius 1 is 0.962 bits per heavy atom. The lowest BCUT2D eigenvalue weighted by Gasteiger charge is -2.33. The van der Waals surface area contributed by atoms with Crippen LogP contribution >= 0.6 is 0 Å². The normalized spacial score (nSPS) is 18.1. The molecule has 2 aromatic carbocycles. The second kappa shape index (κ2) is 8.09. The number of para-hydroxylation sites is 1. The van der Waals surface area contributed by atoms with Gasteiger partial charge in [-0.15, -0.1) is 0 Å². The molecule has 0 aliphatic carbocycles. The molecule has 0 N–H and O–H groups in total. The van der Waals surface area contributed by atoms with Crippen LogP contribution in [0.1, 0.15) is 18.4 Å². The van der Waals surface area contributed by atoms with Crippen LogP contribution in [0.5, 0.6) is 5.75 Å². The number of halogens is 1. The van der Waals surface area contributed by atoms with E-state index in [4.69, 9.17) is 4.74 Å². The van der Waals surface area contributed by atoms with Gasteiger partial charge in [0.15, 0.2) is 0 Å². The zero-order valence-electron chi connectivity index (χ0n) is 15.2. The fraction of sp³-hybridized carbons (Fsp3) is 0.455. The summed E-state index contributed by atoms with van der Waals surface area (Å²) in [5.41, 5.74) is 2.37. The van der Waals surface area contributed by atoms with Crippen molar-refractivity contribution < 1.29 is 9.13 Å². The van der Waals surface area contributed by atoms with Crippen LogP contribution in [0.15, 0.2) is 48.5 Å². The van der Waals surface area contributed by atoms with E-state index < -0.39 is 0 Å². The van der Waals surface area contributed by atoms with Gasteiger partial charge in [-0.25, -0.2) is 4.39 Å². The van der Waals surface area contributed by atoms with Gasteiger partial charge in [-0.2, -0.15) is 0 Å². The molecule has 0 spiro atoms. The van der Waals surface area contributed by atoms with Gasteiger partial charge in [-0.05, 0) is 74.2 Å². The lowest BCUT2D eigenvalue weighted by molar-refractivity contribution is 0.143. The Labute approximate surface area is 155 Å². The van der Waals surface area contributed by atoms with Gasteiger partial charge in [0.1, 0.15) is 11.6 Å². The summed E-state index contributed by atoms with van der Waals surface area (Å²) in [6.45, 7) is 6.25. The van der Waals surface area contributed by atoms with Crippen LogP contribution in [-0.2, 0) is 6.42 Å². The highest BCUT2D eigenvalue weighted by molar-refractivity contribution is 5.58. The van der Waals surface area contributed by atoms with Crippen molar-refractivity contribution in [3.8, 4) is 5.75 Å². The number of likely N-dealkylation sites (tertiary alicyclic amines) is 1. The number of rotatable bonds is 6. The fourth-order valence-electron chi connectivity index (χ4n) is 4.04. The van der Waals surface area contributed by atoms with Crippen molar-refractivity contribution in [1.82, 2.24) is 4.90 Å². The highest BCUT2D eigenvalue weighted by Gasteiger charge is 2.23. The molecule has 3 nitrogen and oxygen atoms in total. The second-order valence-electron chi connectivity index (χ2n) is 7.42. The molecule has 2 aromatic rings. The third kappa shape index (κ3) is 4.18. The number of hydrogen-bond donors (Lipinski definition) is 0. The average Bonchev–Trinajstić information content (AvgIpc) is 3.08. The molecule has 0 radical (unpaired) electrons. The molecule has 1 fully saturated rings. The molecule has 2 aliphatic rings. The van der Waals surface area contributed by atoms with Crippen LogP contribution in [0.25, 0.3) is 0 Å². The second-order valence-corrected chi connectivity index (χ2v) is 7.42. The molecule has 0 atom stereocenters. The number of benzene rings is 2. The Balaban J connectivity index is 1.19. The zero-order valence-corrected chi connectivity index (χ0v) is 15.2. The maximum absolute atomic E-state index is 13.3. The average molecular weight is 354 g/mol. The van der Waals surface area contributed by atoms with Crippen molar-refractivity contribution in [2.75, 3.05) is 44.2 Å². The predicted molar refractivity (Wildman–Crippen MR) is 103 cm³/mol. The van der Waals surface area contributed by atoms with E-state index in [0.29, 0.717) is 5.92 Å². The molecule has 4 rings (SSSR count). The van der Waals surface area contributed by atoms with Gasteiger partial charge in [0.05, 0.1) is 6.61 Å². The monoisotopic (exact) mass is 354 g/mol. The molecule has 2 aliphatic heterocycles. The van der Waals surface area contributed by atoms with E-state index >= 15 is 0 Å². The molecule has 0 aromatic heterocycles. The summed E-state index contributed by atoms with van der Waals surface area (Å²) in [6, 6.07) is 15.3. The summed E-state index contributed by atoms with van der Waals surface area (Å²) in [4.78, 5) is 4.96. The maximum Gasteiger partial charge on any atom is 0.123 e. The van der Waals surface area contributed by atoms with E-state index in [1.54, 1.807) is 12.1 Å². The smallest absolute Gasteiger partial charge is 0.123 e. The summed E-state index contributed by atoms with van der Waals surface area (Å²) in [7, 11) is 0. The van der Waals surface area contributed by atoms with Crippen LogP contribution in [0.3, 0.4) is 0 Å². The van der Waals surface area contributed by atoms with Crippen molar-refractivity contribution in [1.29, 1.82) is 0 Å². The van der Waals surface area contributed by atoms with E-state index in [9.17, 15) is 4.39 Å². The SMILES string of the molecule is Fc1ccc2c(c1)CCN2CCN1CCC(COc2ccccc2)CC1. The van der Waals surface area contributed by atoms with Crippen LogP contribution < -0.4 is 9.64 Å². The number of ether oxygens (including phenoxy) is 1. The number of fused-ring (bicyclic) bond motifs is 1. The van der Waals surface area contributed by atoms with E-state index in [-0.39, 0.29) is 5.82 Å². The molecule has 4 heteroatoms. The van der Waals surface area contributed by atoms with Gasteiger partial charge in [0.25, 0.3) is 0 Å². The minimum Gasteiger partial charge on any atom is -0.493 e. The van der Waals surface area contributed by atoms with Gasteiger partial charge in [-0.3, -0.25) is 0 Å². The summed E-state index contributed by atoms with van der Waals surface area (Å²) in [5.74, 6) is 1.51. The minimum absolute atomic E-state index is 0.120. The van der Waals surface area contributed by atoms with Gasteiger partial charge >= 0.3 is 0 Å². The number of hydrogen-bond acceptors (Lipinski definition) is 3. The molecule has 0 bridgehead atoms. The van der Waals surface area contributed by atoms with E-state index in [0.717, 1.165) is 57.1 Å². The molecular weight excluding hydrogens is 327 g/mol. The largest absolute Gasteiger partial charge is 0.493 e. The first-order valence-electron chi connectivity index (χ1n) is 9.71. The van der Waals surface area contributed by atoms with Gasteiger partial charge in [0, 0.05) is 25.3 Å². The first kappa shape index (κ1) is 17.3. The van der Waals surface area contributed by atoms with Crippen molar-refractivity contribution in [2.45, 2.75) is 19.3 Å². The Hall–Kier alpha value is -2.07. The highest BCUT2D eigenvalue weighted by atomic mass is 19.1. The van der Waals surface area contributed by atoms with E-state index in [1.165, 1.54) is 18.5 Å². The topological polar surface area (TPSA) is 15.7 Å². The van der Waals surface area contributed by atoms with E-state index in [2.05, 4.69) is 9.80 Å². The summed E-state index contributed by atoms with van der Waals surface area (Å²) in [5, 5.41) is 0. The molecule has 26 heavy (non-hydrogen) atoms. The summed E-state index contributed by atoms with van der Waals surface area (Å²) in [6.07, 6.45) is 3.37. The molecule has 0 unspecified atom stereocenters. The predicted octanol–water partition coefficient (Wildman–Crippen LogP) is 3.98. The summed E-state index contributed by atoms with van der Waals surface area (Å²) >= 11 is 0. The van der Waals surface area contributed by atoms with Gasteiger partial charge in [-0.1, -0.05) is 18.2 Å². The Kier molecular flexibility index (Phi) is 5.40. The number of piperidine rings is 1. The third-order valence-corrected chi connectivity index (χ3v) is 5.66. The first-order valence-corrected chi connectivity index (χ1v) is 9.71. The number of nitrogens with zero attached hydrogens (tertiary/aromatic N) is 2. The maximum atomic E-state index is 13.3. The lowest BCUT2D eigenvalue weighted by Crippen LogP contribution is -2.40. The zero-order chi connectivity index (χ0) is 17.8. The molecule has 1 saturated heterocycles. The Bertz CT molecular complexity index is 713. The molecule has 2 heterocycles. The highest BCUT2D eigenvalue weighted by Crippen LogP contribution is 2.28. The molecule has 0 saturated carbocycles. The standard InChI is InChI=1S/C22H27FN2O/c23-20-6-7-22-19(16-20)10-13-25(22)15-14-24-11-8-18(9-12-24)17-26-21-4-2-1-3-5-21/h1-7,16,18H,8-15,17H2. The van der Waals surface area contributed by atoms with Crippen molar-refractivity contribution in [2.24, 2.45) is 5.92 Å². The minimum atomic E-state index is -0.120. The molecule has 138 valence electrons. The van der Waals surface area contributed by atoms with Gasteiger partial charge < -0.3 is 14.5 Å². The first-order chi connectivity index (χ1) is 12.8. The Morgan fingerprint density at radius 2 is 1.77 bits per heavy atom. The molecule has 0 amide bonds. The summed E-state index contributed by atoms with van der Waals surface area (Å²) < 4.78 is 19.2. The lowest BCUT2D eigenvalue weighted by atomic mass is 9.98. The van der Waals surface area contributed by atoms with Crippen LogP contribution in [0.2, 0.25) is 0 Å². The third-order valence-electron chi connectivity index (χ3n) is 5.66. The van der Waals surface area contributed by atoms with Crippen LogP contribution in [0.4, 0.5) is 10.1 Å². The Morgan fingerprint density at radius 3 is 2.58 bits per heavy atom. The van der Waals surface area contributed by atoms with Crippen molar-refractivity contribution in [3.05, 3.63) is 59.9 Å².